The number of aromatic nitrogens is 1. The summed E-state index contributed by atoms with van der Waals surface area (Å²) >= 11 is 1.36. The SMILES string of the molecule is COc1ccc(C(=O)Nc2cnc(Nc3ccc(C)cc3)s2)cc1OC. The van der Waals surface area contributed by atoms with Crippen molar-refractivity contribution in [3.05, 3.63) is 59.8 Å². The fourth-order valence-electron chi connectivity index (χ4n) is 2.31. The zero-order chi connectivity index (χ0) is 18.5. The monoisotopic (exact) mass is 369 g/mol. The summed E-state index contributed by atoms with van der Waals surface area (Å²) in [5.41, 5.74) is 2.62. The molecule has 0 radical (unpaired) electrons. The summed E-state index contributed by atoms with van der Waals surface area (Å²) in [7, 11) is 3.09. The van der Waals surface area contributed by atoms with E-state index >= 15 is 0 Å². The maximum absolute atomic E-state index is 12.4. The molecule has 1 amide bonds. The van der Waals surface area contributed by atoms with Crippen LogP contribution in [0.2, 0.25) is 0 Å². The van der Waals surface area contributed by atoms with E-state index in [2.05, 4.69) is 15.6 Å². The summed E-state index contributed by atoms with van der Waals surface area (Å²) in [6, 6.07) is 13.0. The zero-order valence-electron chi connectivity index (χ0n) is 14.7. The fourth-order valence-corrected chi connectivity index (χ4v) is 3.04. The van der Waals surface area contributed by atoms with E-state index in [1.54, 1.807) is 31.5 Å². The second-order valence-corrected chi connectivity index (χ2v) is 6.58. The van der Waals surface area contributed by atoms with Gasteiger partial charge in [-0.2, -0.15) is 0 Å². The summed E-state index contributed by atoms with van der Waals surface area (Å²) in [4.78, 5) is 16.7. The Morgan fingerprint density at radius 1 is 1.04 bits per heavy atom. The van der Waals surface area contributed by atoms with Crippen LogP contribution in [0.25, 0.3) is 0 Å². The first kappa shape index (κ1) is 17.8. The lowest BCUT2D eigenvalue weighted by Gasteiger charge is -2.09. The predicted octanol–water partition coefficient (Wildman–Crippen LogP) is 4.46. The van der Waals surface area contributed by atoms with Gasteiger partial charge in [0.25, 0.3) is 5.91 Å². The minimum atomic E-state index is -0.239. The molecular formula is C19H19N3O3S. The number of nitrogens with one attached hydrogen (secondary N) is 2. The molecule has 7 heteroatoms. The van der Waals surface area contributed by atoms with Crippen molar-refractivity contribution in [1.82, 2.24) is 4.98 Å². The highest BCUT2D eigenvalue weighted by molar-refractivity contribution is 7.19. The van der Waals surface area contributed by atoms with Gasteiger partial charge in [0, 0.05) is 11.3 Å². The van der Waals surface area contributed by atoms with E-state index < -0.39 is 0 Å². The molecule has 0 aliphatic heterocycles. The van der Waals surface area contributed by atoms with Crippen molar-refractivity contribution in [2.45, 2.75) is 6.92 Å². The van der Waals surface area contributed by atoms with Gasteiger partial charge >= 0.3 is 0 Å². The number of amides is 1. The molecule has 26 heavy (non-hydrogen) atoms. The van der Waals surface area contributed by atoms with Gasteiger partial charge in [-0.1, -0.05) is 29.0 Å². The van der Waals surface area contributed by atoms with Crippen LogP contribution >= 0.6 is 11.3 Å². The molecule has 0 bridgehead atoms. The lowest BCUT2D eigenvalue weighted by atomic mass is 10.2. The van der Waals surface area contributed by atoms with Crippen molar-refractivity contribution in [3.63, 3.8) is 0 Å². The molecule has 1 heterocycles. The molecule has 1 aromatic heterocycles. The summed E-state index contributed by atoms with van der Waals surface area (Å²) in [5.74, 6) is 0.842. The molecule has 0 atom stereocenters. The maximum Gasteiger partial charge on any atom is 0.256 e. The third-order valence-electron chi connectivity index (χ3n) is 3.69. The van der Waals surface area contributed by atoms with Crippen molar-refractivity contribution < 1.29 is 14.3 Å². The molecular weight excluding hydrogens is 350 g/mol. The molecule has 2 N–H and O–H groups in total. The molecule has 3 aromatic rings. The van der Waals surface area contributed by atoms with Crippen LogP contribution in [0.15, 0.2) is 48.7 Å². The molecule has 0 spiro atoms. The van der Waals surface area contributed by atoms with Gasteiger partial charge in [0.05, 0.1) is 20.4 Å². The van der Waals surface area contributed by atoms with Gasteiger partial charge in [0.1, 0.15) is 5.00 Å². The number of methoxy groups -OCH3 is 2. The predicted molar refractivity (Wildman–Crippen MR) is 104 cm³/mol. The summed E-state index contributed by atoms with van der Waals surface area (Å²) in [6.07, 6.45) is 1.62. The number of ether oxygens (including phenoxy) is 2. The second-order valence-electron chi connectivity index (χ2n) is 5.54. The minimum Gasteiger partial charge on any atom is -0.493 e. The number of thiazole rings is 1. The number of carbonyl (C=O) groups excluding carboxylic acids is 1. The molecule has 0 saturated carbocycles. The molecule has 134 valence electrons. The van der Waals surface area contributed by atoms with Crippen LogP contribution in [-0.4, -0.2) is 25.1 Å². The Labute approximate surface area is 155 Å². The quantitative estimate of drug-likeness (QED) is 0.671. The van der Waals surface area contributed by atoms with Crippen molar-refractivity contribution in [1.29, 1.82) is 0 Å². The van der Waals surface area contributed by atoms with Crippen molar-refractivity contribution in [3.8, 4) is 11.5 Å². The molecule has 3 rings (SSSR count). The average molecular weight is 369 g/mol. The Morgan fingerprint density at radius 3 is 2.46 bits per heavy atom. The molecule has 0 unspecified atom stereocenters. The highest BCUT2D eigenvalue weighted by Crippen LogP contribution is 2.29. The molecule has 2 aromatic carbocycles. The van der Waals surface area contributed by atoms with E-state index in [9.17, 15) is 4.79 Å². The number of hydrogen-bond acceptors (Lipinski definition) is 6. The third-order valence-corrected chi connectivity index (χ3v) is 4.52. The smallest absolute Gasteiger partial charge is 0.256 e. The normalized spacial score (nSPS) is 10.3. The van der Waals surface area contributed by atoms with Gasteiger partial charge in [-0.3, -0.25) is 4.79 Å². The van der Waals surface area contributed by atoms with Crippen molar-refractivity contribution in [2.24, 2.45) is 0 Å². The lowest BCUT2D eigenvalue weighted by Crippen LogP contribution is -2.11. The molecule has 6 nitrogen and oxygen atoms in total. The van der Waals surface area contributed by atoms with E-state index in [0.29, 0.717) is 27.2 Å². The van der Waals surface area contributed by atoms with Crippen molar-refractivity contribution >= 4 is 33.1 Å². The van der Waals surface area contributed by atoms with Crippen LogP contribution in [0.5, 0.6) is 11.5 Å². The van der Waals surface area contributed by atoms with E-state index in [-0.39, 0.29) is 5.91 Å². The molecule has 0 aliphatic carbocycles. The molecule has 0 fully saturated rings. The van der Waals surface area contributed by atoms with Gasteiger partial charge in [-0.05, 0) is 37.3 Å². The van der Waals surface area contributed by atoms with Gasteiger partial charge < -0.3 is 20.1 Å². The minimum absolute atomic E-state index is 0.239. The van der Waals surface area contributed by atoms with Crippen molar-refractivity contribution in [2.75, 3.05) is 24.9 Å². The number of aryl methyl sites for hydroxylation is 1. The van der Waals surface area contributed by atoms with Gasteiger partial charge in [0.2, 0.25) is 0 Å². The topological polar surface area (TPSA) is 72.5 Å². The summed E-state index contributed by atoms with van der Waals surface area (Å²) in [5, 5.41) is 7.42. The van der Waals surface area contributed by atoms with Crippen LogP contribution in [-0.2, 0) is 0 Å². The average Bonchev–Trinajstić information content (AvgIpc) is 3.09. The van der Waals surface area contributed by atoms with E-state index in [4.69, 9.17) is 9.47 Å². The van der Waals surface area contributed by atoms with Crippen LogP contribution in [0.4, 0.5) is 15.8 Å². The summed E-state index contributed by atoms with van der Waals surface area (Å²) < 4.78 is 10.4. The largest absolute Gasteiger partial charge is 0.493 e. The Morgan fingerprint density at radius 2 is 1.77 bits per heavy atom. The van der Waals surface area contributed by atoms with Crippen LogP contribution < -0.4 is 20.1 Å². The lowest BCUT2D eigenvalue weighted by molar-refractivity contribution is 0.102. The second kappa shape index (κ2) is 7.88. The first-order valence-electron chi connectivity index (χ1n) is 7.92. The Hall–Kier alpha value is -3.06. The number of benzene rings is 2. The molecule has 0 aliphatic rings. The van der Waals surface area contributed by atoms with E-state index in [1.807, 2.05) is 31.2 Å². The fraction of sp³-hybridized carbons (Fsp3) is 0.158. The Balaban J connectivity index is 1.68. The van der Waals surface area contributed by atoms with Gasteiger partial charge in [0.15, 0.2) is 16.6 Å². The highest BCUT2D eigenvalue weighted by atomic mass is 32.1. The van der Waals surface area contributed by atoms with E-state index in [0.717, 1.165) is 5.69 Å². The number of rotatable bonds is 6. The van der Waals surface area contributed by atoms with Gasteiger partial charge in [-0.25, -0.2) is 4.98 Å². The zero-order valence-corrected chi connectivity index (χ0v) is 15.5. The number of anilines is 3. The van der Waals surface area contributed by atoms with Crippen LogP contribution in [0.1, 0.15) is 15.9 Å². The standard InChI is InChI=1S/C19H19N3O3S/c1-12-4-7-14(8-5-12)21-19-20-11-17(26-19)22-18(23)13-6-9-15(24-2)16(10-13)25-3/h4-11H,1-3H3,(H,20,21)(H,22,23). The molecule has 0 saturated heterocycles. The Kier molecular flexibility index (Phi) is 5.38. The third kappa shape index (κ3) is 4.12. The van der Waals surface area contributed by atoms with Crippen LogP contribution in [0, 0.1) is 6.92 Å². The highest BCUT2D eigenvalue weighted by Gasteiger charge is 2.12. The number of hydrogen-bond donors (Lipinski definition) is 2. The van der Waals surface area contributed by atoms with E-state index in [1.165, 1.54) is 24.0 Å². The van der Waals surface area contributed by atoms with Crippen LogP contribution in [0.3, 0.4) is 0 Å². The summed E-state index contributed by atoms with van der Waals surface area (Å²) in [6.45, 7) is 2.04. The Bertz CT molecular complexity index is 907. The maximum atomic E-state index is 12.4. The first-order chi connectivity index (χ1) is 12.6. The number of nitrogens with zero attached hydrogens (tertiary/aromatic N) is 1. The first-order valence-corrected chi connectivity index (χ1v) is 8.73. The number of carbonyl (C=O) groups is 1. The van der Waals surface area contributed by atoms with Gasteiger partial charge in [-0.15, -0.1) is 0 Å².